The van der Waals surface area contributed by atoms with Crippen LogP contribution in [0.2, 0.25) is 0 Å². The highest BCUT2D eigenvalue weighted by molar-refractivity contribution is 5.53. The van der Waals surface area contributed by atoms with Crippen molar-refractivity contribution >= 4 is 5.69 Å². The van der Waals surface area contributed by atoms with Crippen molar-refractivity contribution < 1.29 is 13.2 Å². The van der Waals surface area contributed by atoms with Crippen LogP contribution in [0, 0.1) is 6.92 Å². The Bertz CT molecular complexity index is 405. The number of anilines is 1. The molecule has 0 aromatic carbocycles. The SMILES string of the molecule is CCNCc1cnc(C)cc1N(CC)CC(F)(F)F. The Kier molecular flexibility index (Phi) is 5.60. The molecule has 0 amide bonds. The Hall–Kier alpha value is -1.30. The van der Waals surface area contributed by atoms with Gasteiger partial charge in [0.2, 0.25) is 0 Å². The van der Waals surface area contributed by atoms with Gasteiger partial charge in [-0.2, -0.15) is 13.2 Å². The first-order valence-corrected chi connectivity index (χ1v) is 6.35. The predicted molar refractivity (Wildman–Crippen MR) is 70.3 cm³/mol. The fraction of sp³-hybridized carbons (Fsp3) is 0.615. The average molecular weight is 275 g/mol. The van der Waals surface area contributed by atoms with Crippen LogP contribution in [0.25, 0.3) is 0 Å². The molecule has 0 fully saturated rings. The van der Waals surface area contributed by atoms with E-state index in [1.807, 2.05) is 6.92 Å². The van der Waals surface area contributed by atoms with Gasteiger partial charge < -0.3 is 10.2 Å². The maximum Gasteiger partial charge on any atom is 0.405 e. The van der Waals surface area contributed by atoms with Crippen LogP contribution in [0.5, 0.6) is 0 Å². The van der Waals surface area contributed by atoms with Crippen LogP contribution in [-0.2, 0) is 6.54 Å². The molecule has 0 aliphatic rings. The maximum atomic E-state index is 12.6. The maximum absolute atomic E-state index is 12.6. The van der Waals surface area contributed by atoms with Gasteiger partial charge in [-0.1, -0.05) is 6.92 Å². The molecule has 0 bridgehead atoms. The largest absolute Gasteiger partial charge is 0.405 e. The number of aromatic nitrogens is 1. The number of hydrogen-bond acceptors (Lipinski definition) is 3. The van der Waals surface area contributed by atoms with E-state index >= 15 is 0 Å². The highest BCUT2D eigenvalue weighted by atomic mass is 19.4. The highest BCUT2D eigenvalue weighted by Crippen LogP contribution is 2.25. The second-order valence-corrected chi connectivity index (χ2v) is 4.36. The zero-order valence-electron chi connectivity index (χ0n) is 11.5. The van der Waals surface area contributed by atoms with E-state index in [0.717, 1.165) is 17.8 Å². The normalized spacial score (nSPS) is 11.7. The molecule has 1 N–H and O–H groups in total. The molecular weight excluding hydrogens is 255 g/mol. The summed E-state index contributed by atoms with van der Waals surface area (Å²) in [7, 11) is 0. The van der Waals surface area contributed by atoms with Crippen LogP contribution in [0.3, 0.4) is 0 Å². The monoisotopic (exact) mass is 275 g/mol. The van der Waals surface area contributed by atoms with Crippen molar-refractivity contribution in [1.82, 2.24) is 10.3 Å². The molecule has 108 valence electrons. The average Bonchev–Trinajstić information content (AvgIpc) is 2.33. The fourth-order valence-corrected chi connectivity index (χ4v) is 1.85. The predicted octanol–water partition coefficient (Wildman–Crippen LogP) is 2.89. The van der Waals surface area contributed by atoms with Gasteiger partial charge in [0.25, 0.3) is 0 Å². The van der Waals surface area contributed by atoms with Crippen LogP contribution in [0.4, 0.5) is 18.9 Å². The number of aryl methyl sites for hydroxylation is 1. The van der Waals surface area contributed by atoms with Crippen LogP contribution in [0.15, 0.2) is 12.3 Å². The summed E-state index contributed by atoms with van der Waals surface area (Å²) in [6, 6.07) is 1.71. The first-order valence-electron chi connectivity index (χ1n) is 6.35. The van der Waals surface area contributed by atoms with Crippen molar-refractivity contribution in [3.05, 3.63) is 23.5 Å². The minimum Gasteiger partial charge on any atom is -0.363 e. The number of hydrogen-bond donors (Lipinski definition) is 1. The number of nitrogens with one attached hydrogen (secondary N) is 1. The van der Waals surface area contributed by atoms with Crippen molar-refractivity contribution in [2.24, 2.45) is 0 Å². The molecule has 3 nitrogen and oxygen atoms in total. The molecule has 1 heterocycles. The molecule has 0 aliphatic carbocycles. The number of alkyl halides is 3. The number of nitrogens with zero attached hydrogens (tertiary/aromatic N) is 2. The Morgan fingerprint density at radius 3 is 2.53 bits per heavy atom. The fourth-order valence-electron chi connectivity index (χ4n) is 1.85. The molecule has 1 aromatic heterocycles. The number of rotatable bonds is 6. The molecule has 0 atom stereocenters. The van der Waals surface area contributed by atoms with E-state index in [1.165, 1.54) is 4.90 Å². The third-order valence-corrected chi connectivity index (χ3v) is 2.76. The minimum atomic E-state index is -4.21. The van der Waals surface area contributed by atoms with Gasteiger partial charge in [0.15, 0.2) is 0 Å². The van der Waals surface area contributed by atoms with Gasteiger partial charge >= 0.3 is 6.18 Å². The molecule has 0 radical (unpaired) electrons. The smallest absolute Gasteiger partial charge is 0.363 e. The zero-order valence-corrected chi connectivity index (χ0v) is 11.5. The Balaban J connectivity index is 3.02. The lowest BCUT2D eigenvalue weighted by Crippen LogP contribution is -2.35. The van der Waals surface area contributed by atoms with E-state index < -0.39 is 12.7 Å². The highest BCUT2D eigenvalue weighted by Gasteiger charge is 2.31. The summed E-state index contributed by atoms with van der Waals surface area (Å²) in [4.78, 5) is 5.49. The molecule has 0 unspecified atom stereocenters. The van der Waals surface area contributed by atoms with Gasteiger partial charge in [0.1, 0.15) is 6.54 Å². The van der Waals surface area contributed by atoms with Crippen molar-refractivity contribution in [2.45, 2.75) is 33.5 Å². The Morgan fingerprint density at radius 2 is 2.00 bits per heavy atom. The van der Waals surface area contributed by atoms with Crippen LogP contribution < -0.4 is 10.2 Å². The third kappa shape index (κ3) is 5.06. The minimum absolute atomic E-state index is 0.308. The Labute approximate surface area is 111 Å². The van der Waals surface area contributed by atoms with Gasteiger partial charge in [0.05, 0.1) is 0 Å². The van der Waals surface area contributed by atoms with E-state index in [2.05, 4.69) is 10.3 Å². The number of pyridine rings is 1. The molecule has 19 heavy (non-hydrogen) atoms. The molecule has 0 saturated heterocycles. The second-order valence-electron chi connectivity index (χ2n) is 4.36. The van der Waals surface area contributed by atoms with Gasteiger partial charge in [0, 0.05) is 36.2 Å². The van der Waals surface area contributed by atoms with Gasteiger partial charge in [-0.15, -0.1) is 0 Å². The molecular formula is C13H20F3N3. The quantitative estimate of drug-likeness (QED) is 0.865. The van der Waals surface area contributed by atoms with Crippen molar-refractivity contribution in [3.8, 4) is 0 Å². The standard InChI is InChI=1S/C13H20F3N3/c1-4-17-7-11-8-18-10(3)6-12(11)19(5-2)9-13(14,15)16/h6,8,17H,4-5,7,9H2,1-3H3. The summed E-state index contributed by atoms with van der Waals surface area (Å²) in [5.41, 5.74) is 2.11. The second kappa shape index (κ2) is 6.75. The summed E-state index contributed by atoms with van der Waals surface area (Å²) < 4.78 is 37.8. The first kappa shape index (κ1) is 15.8. The van der Waals surface area contributed by atoms with Crippen molar-refractivity contribution in [1.29, 1.82) is 0 Å². The summed E-state index contributed by atoms with van der Waals surface area (Å²) in [6.07, 6.45) is -2.56. The van der Waals surface area contributed by atoms with Crippen molar-refractivity contribution in [3.63, 3.8) is 0 Å². The van der Waals surface area contributed by atoms with E-state index in [-0.39, 0.29) is 0 Å². The lowest BCUT2D eigenvalue weighted by atomic mass is 10.1. The van der Waals surface area contributed by atoms with Gasteiger partial charge in [-0.25, -0.2) is 0 Å². The lowest BCUT2D eigenvalue weighted by Gasteiger charge is -2.27. The van der Waals surface area contributed by atoms with E-state index in [0.29, 0.717) is 18.8 Å². The van der Waals surface area contributed by atoms with E-state index in [9.17, 15) is 13.2 Å². The van der Waals surface area contributed by atoms with Crippen LogP contribution in [0.1, 0.15) is 25.1 Å². The summed E-state index contributed by atoms with van der Waals surface area (Å²) >= 11 is 0. The van der Waals surface area contributed by atoms with Gasteiger partial charge in [-0.05, 0) is 26.5 Å². The molecule has 1 aromatic rings. The molecule has 6 heteroatoms. The lowest BCUT2D eigenvalue weighted by molar-refractivity contribution is -0.119. The van der Waals surface area contributed by atoms with Gasteiger partial charge in [-0.3, -0.25) is 4.98 Å². The van der Waals surface area contributed by atoms with E-state index in [1.54, 1.807) is 26.1 Å². The summed E-state index contributed by atoms with van der Waals surface area (Å²) in [5.74, 6) is 0. The molecule has 0 saturated carbocycles. The topological polar surface area (TPSA) is 28.2 Å². The first-order chi connectivity index (χ1) is 8.87. The third-order valence-electron chi connectivity index (χ3n) is 2.76. The zero-order chi connectivity index (χ0) is 14.5. The summed E-state index contributed by atoms with van der Waals surface area (Å²) in [6.45, 7) is 6.11. The molecule has 1 rings (SSSR count). The van der Waals surface area contributed by atoms with E-state index in [4.69, 9.17) is 0 Å². The number of halogens is 3. The Morgan fingerprint density at radius 1 is 1.32 bits per heavy atom. The summed E-state index contributed by atoms with van der Waals surface area (Å²) in [5, 5.41) is 3.12. The molecule has 0 aliphatic heterocycles. The van der Waals surface area contributed by atoms with Crippen LogP contribution >= 0.6 is 0 Å². The van der Waals surface area contributed by atoms with Crippen molar-refractivity contribution in [2.75, 3.05) is 24.5 Å². The molecule has 0 spiro atoms. The van der Waals surface area contributed by atoms with Crippen LogP contribution in [-0.4, -0.2) is 30.8 Å².